The molecule has 0 aromatic rings. The molecule has 0 aromatic heterocycles. The summed E-state index contributed by atoms with van der Waals surface area (Å²) in [5.74, 6) is -0.0822. The second-order valence-electron chi connectivity index (χ2n) is 3.96. The predicted molar refractivity (Wildman–Crippen MR) is 58.4 cm³/mol. The van der Waals surface area contributed by atoms with Crippen LogP contribution in [-0.2, 0) is 14.6 Å². The van der Waals surface area contributed by atoms with Gasteiger partial charge in [0.2, 0.25) is 5.91 Å². The Balaban J connectivity index is 1.97. The molecule has 1 aliphatic carbocycles. The Bertz CT molecular complexity index is 309. The molecule has 0 bridgehead atoms. The van der Waals surface area contributed by atoms with E-state index < -0.39 is 9.84 Å². The van der Waals surface area contributed by atoms with Gasteiger partial charge in [-0.05, 0) is 12.8 Å². The minimum atomic E-state index is -2.97. The zero-order valence-corrected chi connectivity index (χ0v) is 9.77. The molecule has 0 atom stereocenters. The van der Waals surface area contributed by atoms with Crippen LogP contribution in [0, 0.1) is 0 Å². The van der Waals surface area contributed by atoms with E-state index in [1.807, 2.05) is 0 Å². The first-order valence-electron chi connectivity index (χ1n) is 5.15. The normalized spacial score (nSPS) is 16.3. The molecule has 15 heavy (non-hydrogen) atoms. The van der Waals surface area contributed by atoms with E-state index in [0.717, 1.165) is 6.26 Å². The first-order chi connectivity index (χ1) is 6.97. The number of carbonyl (C=O) groups excluding carboxylic acids is 1. The summed E-state index contributed by atoms with van der Waals surface area (Å²) in [5.41, 5.74) is 0. The summed E-state index contributed by atoms with van der Waals surface area (Å²) in [5, 5.41) is 5.79. The average molecular weight is 234 g/mol. The van der Waals surface area contributed by atoms with E-state index in [9.17, 15) is 13.2 Å². The molecule has 6 heteroatoms. The molecule has 0 saturated heterocycles. The molecular weight excluding hydrogens is 216 g/mol. The van der Waals surface area contributed by atoms with E-state index in [0.29, 0.717) is 19.0 Å². The average Bonchev–Trinajstić information content (AvgIpc) is 2.85. The number of hydrogen-bond donors (Lipinski definition) is 2. The highest BCUT2D eigenvalue weighted by Crippen LogP contribution is 2.18. The quantitative estimate of drug-likeness (QED) is 0.610. The molecule has 1 aliphatic rings. The number of sulfone groups is 1. The first-order valence-corrected chi connectivity index (χ1v) is 7.21. The lowest BCUT2D eigenvalue weighted by Crippen LogP contribution is -2.31. The van der Waals surface area contributed by atoms with Crippen molar-refractivity contribution in [2.75, 3.05) is 25.1 Å². The SMILES string of the molecule is CS(=O)(=O)CCNC(=O)CCNC1CC1. The first kappa shape index (κ1) is 12.4. The molecule has 1 fully saturated rings. The Morgan fingerprint density at radius 3 is 2.53 bits per heavy atom. The Hall–Kier alpha value is -0.620. The zero-order valence-electron chi connectivity index (χ0n) is 8.95. The summed E-state index contributed by atoms with van der Waals surface area (Å²) in [6.45, 7) is 0.885. The third-order valence-corrected chi connectivity index (χ3v) is 3.10. The van der Waals surface area contributed by atoms with Crippen LogP contribution >= 0.6 is 0 Å². The number of amides is 1. The second-order valence-corrected chi connectivity index (χ2v) is 6.22. The predicted octanol–water partition coefficient (Wildman–Crippen LogP) is -0.711. The van der Waals surface area contributed by atoms with Crippen LogP contribution in [0.5, 0.6) is 0 Å². The third kappa shape index (κ3) is 7.33. The van der Waals surface area contributed by atoms with Crippen LogP contribution in [0.1, 0.15) is 19.3 Å². The standard InChI is InChI=1S/C9H18N2O3S/c1-15(13,14)7-6-11-9(12)4-5-10-8-2-3-8/h8,10H,2-7H2,1H3,(H,11,12). The molecule has 5 nitrogen and oxygen atoms in total. The maximum atomic E-state index is 11.2. The number of hydrogen-bond acceptors (Lipinski definition) is 4. The fourth-order valence-electron chi connectivity index (χ4n) is 1.14. The van der Waals surface area contributed by atoms with Gasteiger partial charge in [-0.1, -0.05) is 0 Å². The van der Waals surface area contributed by atoms with Crippen molar-refractivity contribution >= 4 is 15.7 Å². The molecule has 1 rings (SSSR count). The topological polar surface area (TPSA) is 75.3 Å². The van der Waals surface area contributed by atoms with Crippen molar-refractivity contribution in [3.63, 3.8) is 0 Å². The summed E-state index contributed by atoms with van der Waals surface area (Å²) < 4.78 is 21.5. The minimum absolute atomic E-state index is 0.00872. The van der Waals surface area contributed by atoms with Gasteiger partial charge in [-0.3, -0.25) is 4.79 Å². The van der Waals surface area contributed by atoms with Crippen LogP contribution in [0.2, 0.25) is 0 Å². The van der Waals surface area contributed by atoms with Crippen LogP contribution in [0.25, 0.3) is 0 Å². The van der Waals surface area contributed by atoms with Crippen LogP contribution in [0.4, 0.5) is 0 Å². The van der Waals surface area contributed by atoms with Gasteiger partial charge in [0, 0.05) is 31.8 Å². The van der Waals surface area contributed by atoms with Crippen molar-refractivity contribution in [1.82, 2.24) is 10.6 Å². The van der Waals surface area contributed by atoms with Crippen molar-refractivity contribution in [3.05, 3.63) is 0 Å². The van der Waals surface area contributed by atoms with E-state index in [1.165, 1.54) is 12.8 Å². The van der Waals surface area contributed by atoms with Crippen molar-refractivity contribution in [2.24, 2.45) is 0 Å². The lowest BCUT2D eigenvalue weighted by Gasteiger charge is -2.04. The van der Waals surface area contributed by atoms with Crippen molar-refractivity contribution < 1.29 is 13.2 Å². The van der Waals surface area contributed by atoms with Crippen LogP contribution < -0.4 is 10.6 Å². The Kier molecular flexibility index (Phi) is 4.53. The van der Waals surface area contributed by atoms with E-state index >= 15 is 0 Å². The van der Waals surface area contributed by atoms with Gasteiger partial charge >= 0.3 is 0 Å². The lowest BCUT2D eigenvalue weighted by atomic mass is 10.4. The third-order valence-electron chi connectivity index (χ3n) is 2.16. The van der Waals surface area contributed by atoms with Crippen LogP contribution in [0.3, 0.4) is 0 Å². The van der Waals surface area contributed by atoms with Gasteiger partial charge in [0.1, 0.15) is 9.84 Å². The Labute approximate surface area is 90.5 Å². The molecule has 0 aromatic carbocycles. The van der Waals surface area contributed by atoms with E-state index in [1.54, 1.807) is 0 Å². The smallest absolute Gasteiger partial charge is 0.221 e. The second kappa shape index (κ2) is 5.46. The maximum absolute atomic E-state index is 11.2. The highest BCUT2D eigenvalue weighted by Gasteiger charge is 2.19. The van der Waals surface area contributed by atoms with Crippen molar-refractivity contribution in [2.45, 2.75) is 25.3 Å². The molecule has 2 N–H and O–H groups in total. The zero-order chi connectivity index (χ0) is 11.3. The fourth-order valence-corrected chi connectivity index (χ4v) is 1.61. The molecule has 0 aliphatic heterocycles. The van der Waals surface area contributed by atoms with Gasteiger partial charge < -0.3 is 10.6 Å². The van der Waals surface area contributed by atoms with Crippen molar-refractivity contribution in [3.8, 4) is 0 Å². The summed E-state index contributed by atoms with van der Waals surface area (Å²) in [6.07, 6.45) is 3.99. The highest BCUT2D eigenvalue weighted by atomic mass is 32.2. The summed E-state index contributed by atoms with van der Waals surface area (Å²) in [6, 6.07) is 0.605. The minimum Gasteiger partial charge on any atom is -0.355 e. The van der Waals surface area contributed by atoms with Gasteiger partial charge in [0.05, 0.1) is 5.75 Å². The van der Waals surface area contributed by atoms with Gasteiger partial charge in [0.25, 0.3) is 0 Å². The van der Waals surface area contributed by atoms with Gasteiger partial charge in [-0.2, -0.15) is 0 Å². The van der Waals surface area contributed by atoms with Gasteiger partial charge in [-0.25, -0.2) is 8.42 Å². The molecule has 0 spiro atoms. The Morgan fingerprint density at radius 2 is 2.00 bits per heavy atom. The van der Waals surface area contributed by atoms with E-state index in [-0.39, 0.29) is 18.2 Å². The molecule has 1 amide bonds. The van der Waals surface area contributed by atoms with Crippen LogP contribution in [-0.4, -0.2) is 45.5 Å². The van der Waals surface area contributed by atoms with E-state index in [2.05, 4.69) is 10.6 Å². The lowest BCUT2D eigenvalue weighted by molar-refractivity contribution is -0.120. The maximum Gasteiger partial charge on any atom is 0.221 e. The van der Waals surface area contributed by atoms with Crippen molar-refractivity contribution in [1.29, 1.82) is 0 Å². The molecule has 1 saturated carbocycles. The largest absolute Gasteiger partial charge is 0.355 e. The summed E-state index contributed by atoms with van der Waals surface area (Å²) in [4.78, 5) is 11.2. The summed E-state index contributed by atoms with van der Waals surface area (Å²) in [7, 11) is -2.97. The van der Waals surface area contributed by atoms with Gasteiger partial charge in [-0.15, -0.1) is 0 Å². The molecule has 88 valence electrons. The fraction of sp³-hybridized carbons (Fsp3) is 0.889. The summed E-state index contributed by atoms with van der Waals surface area (Å²) >= 11 is 0. The molecule has 0 radical (unpaired) electrons. The number of rotatable bonds is 7. The molecule has 0 heterocycles. The number of nitrogens with one attached hydrogen (secondary N) is 2. The van der Waals surface area contributed by atoms with Gasteiger partial charge in [0.15, 0.2) is 0 Å². The van der Waals surface area contributed by atoms with Crippen LogP contribution in [0.15, 0.2) is 0 Å². The van der Waals surface area contributed by atoms with E-state index in [4.69, 9.17) is 0 Å². The highest BCUT2D eigenvalue weighted by molar-refractivity contribution is 7.90. The molecular formula is C9H18N2O3S. The monoisotopic (exact) mass is 234 g/mol. The molecule has 0 unspecified atom stereocenters. The number of carbonyl (C=O) groups is 1. The Morgan fingerprint density at radius 1 is 1.33 bits per heavy atom.